The van der Waals surface area contributed by atoms with Crippen LogP contribution in [0.15, 0.2) is 46.9 Å². The highest BCUT2D eigenvalue weighted by atomic mass is 127. The summed E-state index contributed by atoms with van der Waals surface area (Å²) in [6.07, 6.45) is 0. The van der Waals surface area contributed by atoms with E-state index in [1.54, 1.807) is 6.07 Å². The van der Waals surface area contributed by atoms with E-state index in [4.69, 9.17) is 0 Å². The van der Waals surface area contributed by atoms with E-state index in [0.717, 1.165) is 14.8 Å². The lowest BCUT2D eigenvalue weighted by Crippen LogP contribution is -2.02. The first-order chi connectivity index (χ1) is 8.18. The Morgan fingerprint density at radius 2 is 1.88 bits per heavy atom. The molecule has 1 N–H and O–H groups in total. The van der Waals surface area contributed by atoms with E-state index in [2.05, 4.69) is 43.8 Å². The third-order valence-electron chi connectivity index (χ3n) is 2.37. The van der Waals surface area contributed by atoms with Crippen LogP contribution < -0.4 is 5.32 Å². The zero-order valence-electron chi connectivity index (χ0n) is 8.88. The van der Waals surface area contributed by atoms with Gasteiger partial charge in [0.05, 0.1) is 4.47 Å². The Kier molecular flexibility index (Phi) is 4.39. The molecule has 2 aromatic carbocycles. The van der Waals surface area contributed by atoms with E-state index in [0.29, 0.717) is 11.0 Å². The van der Waals surface area contributed by atoms with Gasteiger partial charge in [-0.15, -0.1) is 0 Å². The Labute approximate surface area is 122 Å². The number of halogens is 3. The SMILES string of the molecule is Fc1cccc(CNc2ccccc2I)c1Br. The van der Waals surface area contributed by atoms with Gasteiger partial charge in [0.2, 0.25) is 0 Å². The van der Waals surface area contributed by atoms with Crippen LogP contribution in [0.25, 0.3) is 0 Å². The molecule has 2 aromatic rings. The quantitative estimate of drug-likeness (QED) is 0.723. The van der Waals surface area contributed by atoms with E-state index < -0.39 is 0 Å². The van der Waals surface area contributed by atoms with E-state index in [1.807, 2.05) is 30.3 Å². The van der Waals surface area contributed by atoms with Crippen molar-refractivity contribution in [3.05, 3.63) is 61.9 Å². The summed E-state index contributed by atoms with van der Waals surface area (Å²) in [6, 6.07) is 13.1. The largest absolute Gasteiger partial charge is 0.380 e. The van der Waals surface area contributed by atoms with Gasteiger partial charge >= 0.3 is 0 Å². The first-order valence-electron chi connectivity index (χ1n) is 5.10. The zero-order valence-corrected chi connectivity index (χ0v) is 12.6. The third kappa shape index (κ3) is 3.19. The number of hydrogen-bond donors (Lipinski definition) is 1. The van der Waals surface area contributed by atoms with Crippen LogP contribution in [0.1, 0.15) is 5.56 Å². The molecule has 0 heterocycles. The molecular weight excluding hydrogens is 396 g/mol. The Balaban J connectivity index is 2.13. The summed E-state index contributed by atoms with van der Waals surface area (Å²) in [7, 11) is 0. The number of hydrogen-bond acceptors (Lipinski definition) is 1. The molecule has 0 unspecified atom stereocenters. The van der Waals surface area contributed by atoms with Crippen molar-refractivity contribution in [3.8, 4) is 0 Å². The minimum absolute atomic E-state index is 0.230. The molecule has 0 amide bonds. The molecule has 0 aromatic heterocycles. The molecule has 0 saturated heterocycles. The summed E-state index contributed by atoms with van der Waals surface area (Å²) >= 11 is 5.53. The Bertz CT molecular complexity index is 531. The van der Waals surface area contributed by atoms with Gasteiger partial charge in [0, 0.05) is 15.8 Å². The topological polar surface area (TPSA) is 12.0 Å². The normalized spacial score (nSPS) is 10.3. The molecule has 4 heteroatoms. The molecule has 0 aliphatic carbocycles. The van der Waals surface area contributed by atoms with Gasteiger partial charge in [0.1, 0.15) is 5.82 Å². The molecule has 2 rings (SSSR count). The van der Waals surface area contributed by atoms with Gasteiger partial charge in [-0.25, -0.2) is 4.39 Å². The van der Waals surface area contributed by atoms with E-state index in [9.17, 15) is 4.39 Å². The van der Waals surface area contributed by atoms with Crippen molar-refractivity contribution in [2.75, 3.05) is 5.32 Å². The second-order valence-corrected chi connectivity index (χ2v) is 5.50. The van der Waals surface area contributed by atoms with Crippen molar-refractivity contribution < 1.29 is 4.39 Å². The maximum Gasteiger partial charge on any atom is 0.137 e. The highest BCUT2D eigenvalue weighted by molar-refractivity contribution is 14.1. The molecule has 0 fully saturated rings. The second-order valence-electron chi connectivity index (χ2n) is 3.55. The van der Waals surface area contributed by atoms with Crippen molar-refractivity contribution in [2.24, 2.45) is 0 Å². The summed E-state index contributed by atoms with van der Waals surface area (Å²) in [5.74, 6) is -0.230. The zero-order chi connectivity index (χ0) is 12.3. The second kappa shape index (κ2) is 5.82. The summed E-state index contributed by atoms with van der Waals surface area (Å²) in [5.41, 5.74) is 1.97. The Morgan fingerprint density at radius 3 is 2.65 bits per heavy atom. The lowest BCUT2D eigenvalue weighted by atomic mass is 10.2. The van der Waals surface area contributed by atoms with Crippen LogP contribution in [0.3, 0.4) is 0 Å². The molecule has 0 atom stereocenters. The minimum Gasteiger partial charge on any atom is -0.380 e. The summed E-state index contributed by atoms with van der Waals surface area (Å²) < 4.78 is 15.0. The van der Waals surface area contributed by atoms with E-state index in [-0.39, 0.29) is 5.82 Å². The van der Waals surface area contributed by atoms with Crippen molar-refractivity contribution in [3.63, 3.8) is 0 Å². The van der Waals surface area contributed by atoms with Gasteiger partial charge < -0.3 is 5.32 Å². The molecule has 0 aliphatic heterocycles. The fourth-order valence-corrected chi connectivity index (χ4v) is 2.46. The fraction of sp³-hybridized carbons (Fsp3) is 0.0769. The maximum absolute atomic E-state index is 13.3. The van der Waals surface area contributed by atoms with Gasteiger partial charge in [-0.2, -0.15) is 0 Å². The highest BCUT2D eigenvalue weighted by Gasteiger charge is 2.05. The Hall–Kier alpha value is -0.620. The predicted molar refractivity (Wildman–Crippen MR) is 80.6 cm³/mol. The fourth-order valence-electron chi connectivity index (χ4n) is 1.48. The van der Waals surface area contributed by atoms with Crippen LogP contribution in [0, 0.1) is 9.39 Å². The molecule has 0 aliphatic rings. The molecule has 0 saturated carbocycles. The summed E-state index contributed by atoms with van der Waals surface area (Å²) in [5, 5.41) is 3.29. The molecule has 17 heavy (non-hydrogen) atoms. The number of benzene rings is 2. The van der Waals surface area contributed by atoms with Gasteiger partial charge in [0.15, 0.2) is 0 Å². The summed E-state index contributed by atoms with van der Waals surface area (Å²) in [4.78, 5) is 0. The number of rotatable bonds is 3. The third-order valence-corrected chi connectivity index (χ3v) is 4.20. The number of para-hydroxylation sites is 1. The lowest BCUT2D eigenvalue weighted by Gasteiger charge is -2.10. The number of nitrogens with one attached hydrogen (secondary N) is 1. The average Bonchev–Trinajstić information content (AvgIpc) is 2.33. The van der Waals surface area contributed by atoms with Crippen LogP contribution in [-0.4, -0.2) is 0 Å². The van der Waals surface area contributed by atoms with Crippen LogP contribution in [0.5, 0.6) is 0 Å². The van der Waals surface area contributed by atoms with E-state index >= 15 is 0 Å². The van der Waals surface area contributed by atoms with Gasteiger partial charge in [-0.1, -0.05) is 24.3 Å². The first-order valence-corrected chi connectivity index (χ1v) is 6.97. The van der Waals surface area contributed by atoms with Gasteiger partial charge in [-0.3, -0.25) is 0 Å². The molecule has 1 nitrogen and oxygen atoms in total. The van der Waals surface area contributed by atoms with E-state index in [1.165, 1.54) is 6.07 Å². The van der Waals surface area contributed by atoms with Gasteiger partial charge in [0.25, 0.3) is 0 Å². The maximum atomic E-state index is 13.3. The Morgan fingerprint density at radius 1 is 1.12 bits per heavy atom. The van der Waals surface area contributed by atoms with Crippen LogP contribution in [0.4, 0.5) is 10.1 Å². The molecule has 0 spiro atoms. The molecule has 88 valence electrons. The van der Waals surface area contributed by atoms with Crippen LogP contribution in [0.2, 0.25) is 0 Å². The smallest absolute Gasteiger partial charge is 0.137 e. The minimum atomic E-state index is -0.230. The van der Waals surface area contributed by atoms with Crippen molar-refractivity contribution in [1.82, 2.24) is 0 Å². The lowest BCUT2D eigenvalue weighted by molar-refractivity contribution is 0.618. The van der Waals surface area contributed by atoms with Crippen LogP contribution >= 0.6 is 38.5 Å². The first kappa shape index (κ1) is 12.8. The standard InChI is InChI=1S/C13H10BrFIN/c14-13-9(4-3-5-10(13)15)8-17-12-7-2-1-6-11(12)16/h1-7,17H,8H2. The highest BCUT2D eigenvalue weighted by Crippen LogP contribution is 2.23. The predicted octanol–water partition coefficient (Wildman–Crippen LogP) is 4.80. The monoisotopic (exact) mass is 405 g/mol. The number of anilines is 1. The van der Waals surface area contributed by atoms with Gasteiger partial charge in [-0.05, 0) is 62.3 Å². The summed E-state index contributed by atoms with van der Waals surface area (Å²) in [6.45, 7) is 0.596. The van der Waals surface area contributed by atoms with Crippen molar-refractivity contribution in [1.29, 1.82) is 0 Å². The molecule has 0 radical (unpaired) electrons. The van der Waals surface area contributed by atoms with Crippen molar-refractivity contribution >= 4 is 44.2 Å². The molecular formula is C13H10BrFIN. The van der Waals surface area contributed by atoms with Crippen LogP contribution in [-0.2, 0) is 6.54 Å². The molecule has 0 bridgehead atoms. The average molecular weight is 406 g/mol. The van der Waals surface area contributed by atoms with Crippen molar-refractivity contribution in [2.45, 2.75) is 6.54 Å².